The van der Waals surface area contributed by atoms with Gasteiger partial charge in [0.15, 0.2) is 0 Å². The van der Waals surface area contributed by atoms with E-state index in [2.05, 4.69) is 33.9 Å². The fraction of sp³-hybridized carbons (Fsp3) is 0.667. The summed E-state index contributed by atoms with van der Waals surface area (Å²) in [7, 11) is 0. The highest BCUT2D eigenvalue weighted by atomic mass is 32.2. The zero-order valence-electron chi connectivity index (χ0n) is 18.6. The van der Waals surface area contributed by atoms with E-state index in [1.807, 2.05) is 26.8 Å². The van der Waals surface area contributed by atoms with Crippen molar-refractivity contribution in [2.75, 3.05) is 23.8 Å². The molecule has 4 atom stereocenters. The van der Waals surface area contributed by atoms with E-state index in [-0.39, 0.29) is 29.5 Å². The van der Waals surface area contributed by atoms with Crippen LogP contribution < -0.4 is 21.3 Å². The number of ether oxygens (including phenoxy) is 1. The van der Waals surface area contributed by atoms with Crippen molar-refractivity contribution in [3.05, 3.63) is 22.9 Å². The Labute approximate surface area is 203 Å². The maximum Gasteiger partial charge on any atom is 0.329 e. The van der Waals surface area contributed by atoms with Gasteiger partial charge in [-0.25, -0.2) is 4.79 Å². The van der Waals surface area contributed by atoms with E-state index in [4.69, 9.17) is 4.74 Å². The van der Waals surface area contributed by atoms with Gasteiger partial charge in [-0.1, -0.05) is 19.9 Å². The standard InChI is InChI=1S/C21H32N4O4S3/c1-12(2)17-19(27)29-13(6-4-5-7-30)8-15(26)22-9-16-23-14(10-31-16)18-25-21(3,11-32-18)20(28)24-17/h4,6,12-13,16-17,23,25,30H,5,7-11H2,1-3H3,(H,22,26)(H,24,28)/b6-4+,18-14+/t13-,16?,17+,21+/m1/s1. The number of rotatable bonds is 4. The van der Waals surface area contributed by atoms with E-state index in [1.165, 1.54) is 0 Å². The Bertz CT molecular complexity index is 804. The first-order chi connectivity index (χ1) is 15.2. The predicted molar refractivity (Wildman–Crippen MR) is 132 cm³/mol. The molecule has 3 aliphatic heterocycles. The Morgan fingerprint density at radius 1 is 1.28 bits per heavy atom. The Kier molecular flexibility index (Phi) is 8.74. The number of amides is 2. The topological polar surface area (TPSA) is 109 Å². The number of esters is 1. The molecule has 8 nitrogen and oxygen atoms in total. The molecular weight excluding hydrogens is 468 g/mol. The summed E-state index contributed by atoms with van der Waals surface area (Å²) in [5.74, 6) is 0.828. The maximum atomic E-state index is 13.2. The Balaban J connectivity index is 1.86. The lowest BCUT2D eigenvalue weighted by atomic mass is 10.00. The number of hydrogen-bond acceptors (Lipinski definition) is 9. The first-order valence-electron chi connectivity index (χ1n) is 10.8. The van der Waals surface area contributed by atoms with Crippen LogP contribution in [-0.2, 0) is 19.1 Å². The Hall–Kier alpha value is -1.46. The van der Waals surface area contributed by atoms with Gasteiger partial charge in [-0.3, -0.25) is 9.59 Å². The minimum absolute atomic E-state index is 0.0219. The van der Waals surface area contributed by atoms with Gasteiger partial charge in [0, 0.05) is 18.1 Å². The van der Waals surface area contributed by atoms with Crippen LogP contribution in [0.25, 0.3) is 0 Å². The smallest absolute Gasteiger partial charge is 0.329 e. The highest BCUT2D eigenvalue weighted by Gasteiger charge is 2.43. The van der Waals surface area contributed by atoms with Crippen molar-refractivity contribution < 1.29 is 19.1 Å². The van der Waals surface area contributed by atoms with E-state index in [0.29, 0.717) is 24.5 Å². The molecule has 4 N–H and O–H groups in total. The van der Waals surface area contributed by atoms with Crippen molar-refractivity contribution in [2.45, 2.75) is 56.7 Å². The fourth-order valence-electron chi connectivity index (χ4n) is 3.48. The fourth-order valence-corrected chi connectivity index (χ4v) is 5.98. The second-order valence-corrected chi connectivity index (χ2v) is 11.2. The maximum absolute atomic E-state index is 13.2. The van der Waals surface area contributed by atoms with E-state index in [9.17, 15) is 14.4 Å². The van der Waals surface area contributed by atoms with Crippen LogP contribution >= 0.6 is 36.2 Å². The lowest BCUT2D eigenvalue weighted by molar-refractivity contribution is -0.153. The molecule has 2 saturated heterocycles. The summed E-state index contributed by atoms with van der Waals surface area (Å²) in [6, 6.07) is -0.816. The van der Waals surface area contributed by atoms with Crippen LogP contribution in [0.3, 0.4) is 0 Å². The van der Waals surface area contributed by atoms with Crippen molar-refractivity contribution in [3.63, 3.8) is 0 Å². The van der Waals surface area contributed by atoms with Gasteiger partial charge in [0.05, 0.1) is 22.5 Å². The number of thioether (sulfide) groups is 2. The second kappa shape index (κ2) is 11.1. The number of hydrogen-bond donors (Lipinski definition) is 5. The lowest BCUT2D eigenvalue weighted by Gasteiger charge is -2.29. The molecule has 3 rings (SSSR count). The molecule has 1 unspecified atom stereocenters. The zero-order valence-corrected chi connectivity index (χ0v) is 21.1. The molecule has 178 valence electrons. The molecule has 0 saturated carbocycles. The number of nitrogens with one attached hydrogen (secondary N) is 4. The molecule has 32 heavy (non-hydrogen) atoms. The van der Waals surface area contributed by atoms with Gasteiger partial charge < -0.3 is 26.0 Å². The van der Waals surface area contributed by atoms with Gasteiger partial charge in [0.25, 0.3) is 0 Å². The Morgan fingerprint density at radius 3 is 2.78 bits per heavy atom. The summed E-state index contributed by atoms with van der Waals surface area (Å²) < 4.78 is 5.68. The van der Waals surface area contributed by atoms with Crippen LogP contribution in [0.15, 0.2) is 22.9 Å². The van der Waals surface area contributed by atoms with E-state index in [1.54, 1.807) is 29.6 Å². The first-order valence-corrected chi connectivity index (χ1v) is 13.5. The van der Waals surface area contributed by atoms with Crippen molar-refractivity contribution in [1.82, 2.24) is 21.3 Å². The lowest BCUT2D eigenvalue weighted by Crippen LogP contribution is -2.58. The van der Waals surface area contributed by atoms with Crippen molar-refractivity contribution in [3.8, 4) is 0 Å². The number of carbonyl (C=O) groups is 3. The van der Waals surface area contributed by atoms with Crippen LogP contribution in [0.2, 0.25) is 0 Å². The van der Waals surface area contributed by atoms with E-state index >= 15 is 0 Å². The van der Waals surface area contributed by atoms with Crippen molar-refractivity contribution in [1.29, 1.82) is 0 Å². The molecular formula is C21H32N4O4S3. The van der Waals surface area contributed by atoms with Gasteiger partial charge >= 0.3 is 5.97 Å². The quantitative estimate of drug-likeness (QED) is 0.224. The molecule has 0 spiro atoms. The molecule has 2 amide bonds. The molecule has 2 fully saturated rings. The van der Waals surface area contributed by atoms with Crippen molar-refractivity contribution >= 4 is 53.9 Å². The van der Waals surface area contributed by atoms with Gasteiger partial charge in [-0.15, -0.1) is 23.5 Å². The van der Waals surface area contributed by atoms with Crippen LogP contribution in [0.1, 0.15) is 33.6 Å². The number of allylic oxidation sites excluding steroid dienone is 1. The van der Waals surface area contributed by atoms with E-state index < -0.39 is 23.7 Å². The molecule has 0 aromatic rings. The van der Waals surface area contributed by atoms with Crippen LogP contribution in [0, 0.1) is 5.92 Å². The summed E-state index contributed by atoms with van der Waals surface area (Å²) in [5, 5.41) is 13.6. The van der Waals surface area contributed by atoms with Crippen molar-refractivity contribution in [2.24, 2.45) is 5.92 Å². The van der Waals surface area contributed by atoms with Gasteiger partial charge in [0.1, 0.15) is 17.7 Å². The minimum Gasteiger partial charge on any atom is -0.456 e. The highest BCUT2D eigenvalue weighted by molar-refractivity contribution is 8.03. The minimum atomic E-state index is -0.831. The summed E-state index contributed by atoms with van der Waals surface area (Å²) in [5.41, 5.74) is 0.206. The molecule has 11 heteroatoms. The summed E-state index contributed by atoms with van der Waals surface area (Å²) in [4.78, 5) is 38.7. The zero-order chi connectivity index (χ0) is 23.3. The van der Waals surface area contributed by atoms with Crippen LogP contribution in [0.4, 0.5) is 0 Å². The van der Waals surface area contributed by atoms with Gasteiger partial charge in [-0.05, 0) is 31.1 Å². The normalized spacial score (nSPS) is 34.2. The molecule has 3 aliphatic rings. The summed E-state index contributed by atoms with van der Waals surface area (Å²) >= 11 is 7.48. The van der Waals surface area contributed by atoms with Crippen LogP contribution in [0.5, 0.6) is 0 Å². The molecule has 0 aromatic heterocycles. The first kappa shape index (κ1) is 25.2. The predicted octanol–water partition coefficient (Wildman–Crippen LogP) is 1.36. The van der Waals surface area contributed by atoms with E-state index in [0.717, 1.165) is 16.5 Å². The summed E-state index contributed by atoms with van der Waals surface area (Å²) in [6.45, 7) is 6.01. The largest absolute Gasteiger partial charge is 0.456 e. The third-order valence-corrected chi connectivity index (χ3v) is 8.19. The number of cyclic esters (lactones) is 1. The third-order valence-electron chi connectivity index (χ3n) is 5.43. The average Bonchev–Trinajstić information content (AvgIpc) is 3.37. The SMILES string of the molecule is CC(C)[C@@H]1NC(=O)[C@]2(C)CS/C(=C3\CSC(CNC(=O)C[C@@H](/C=C/CCS)OC1=O)N3)N2. The highest BCUT2D eigenvalue weighted by Crippen LogP contribution is 2.35. The number of thiol groups is 1. The van der Waals surface area contributed by atoms with Gasteiger partial charge in [-0.2, -0.15) is 12.6 Å². The molecule has 4 bridgehead atoms. The molecule has 3 heterocycles. The number of carbonyl (C=O) groups excluding carboxylic acids is 3. The third kappa shape index (κ3) is 6.32. The monoisotopic (exact) mass is 500 g/mol. The average molecular weight is 501 g/mol. The van der Waals surface area contributed by atoms with Crippen LogP contribution in [-0.4, -0.2) is 64.6 Å². The number of fused-ring (bicyclic) bond motifs is 4. The summed E-state index contributed by atoms with van der Waals surface area (Å²) in [6.07, 6.45) is 3.59. The van der Waals surface area contributed by atoms with Gasteiger partial charge in [0.2, 0.25) is 11.8 Å². The molecule has 0 aromatic carbocycles. The molecule has 0 radical (unpaired) electrons. The second-order valence-electron chi connectivity index (χ2n) is 8.62. The Morgan fingerprint density at radius 2 is 2.06 bits per heavy atom. The molecule has 0 aliphatic carbocycles.